The molecule has 3 rings (SSSR count). The molecule has 0 bridgehead atoms. The Balaban J connectivity index is 1.64. The van der Waals surface area contributed by atoms with E-state index in [-0.39, 0.29) is 5.41 Å². The SMILES string of the molecule is CCCCCCC[C@H]1CC[C@H](C2(c3cc(F)cc(F)c3)C=CC=CC2)CC1. The first-order chi connectivity index (χ1) is 13.1. The van der Waals surface area contributed by atoms with Crippen LogP contribution in [0.2, 0.25) is 0 Å². The fourth-order valence-electron chi connectivity index (χ4n) is 5.21. The van der Waals surface area contributed by atoms with Crippen molar-refractivity contribution in [2.24, 2.45) is 11.8 Å². The minimum absolute atomic E-state index is 0.246. The van der Waals surface area contributed by atoms with E-state index in [0.717, 1.165) is 36.8 Å². The van der Waals surface area contributed by atoms with Crippen LogP contribution in [0, 0.1) is 23.5 Å². The van der Waals surface area contributed by atoms with Crippen molar-refractivity contribution in [3.05, 3.63) is 59.7 Å². The Morgan fingerprint density at radius 2 is 1.59 bits per heavy atom. The van der Waals surface area contributed by atoms with E-state index in [2.05, 4.69) is 31.2 Å². The van der Waals surface area contributed by atoms with E-state index >= 15 is 0 Å². The highest BCUT2D eigenvalue weighted by atomic mass is 19.1. The zero-order chi connectivity index (χ0) is 19.1. The topological polar surface area (TPSA) is 0 Å². The molecule has 0 saturated heterocycles. The Hall–Kier alpha value is -1.44. The summed E-state index contributed by atoms with van der Waals surface area (Å²) in [6, 6.07) is 4.08. The molecule has 2 aliphatic carbocycles. The first-order valence-electron chi connectivity index (χ1n) is 10.9. The highest BCUT2D eigenvalue weighted by Gasteiger charge is 2.40. The standard InChI is InChI=1S/C25H34F2/c1-2-3-4-5-7-10-20-11-13-21(14-12-20)25(15-8-6-9-16-25)22-17-23(26)19-24(27)18-22/h6,8-9,15,17-21H,2-5,7,10-14,16H2,1H3/t20-,21-,25?. The fourth-order valence-corrected chi connectivity index (χ4v) is 5.21. The summed E-state index contributed by atoms with van der Waals surface area (Å²) < 4.78 is 27.9. The van der Waals surface area contributed by atoms with Gasteiger partial charge in [-0.25, -0.2) is 8.78 Å². The monoisotopic (exact) mass is 372 g/mol. The van der Waals surface area contributed by atoms with Crippen molar-refractivity contribution in [1.29, 1.82) is 0 Å². The molecule has 1 fully saturated rings. The van der Waals surface area contributed by atoms with Crippen LogP contribution in [0.25, 0.3) is 0 Å². The average molecular weight is 373 g/mol. The zero-order valence-corrected chi connectivity index (χ0v) is 16.7. The summed E-state index contributed by atoms with van der Waals surface area (Å²) in [5.41, 5.74) is 0.563. The van der Waals surface area contributed by atoms with Gasteiger partial charge in [-0.1, -0.05) is 82.6 Å². The summed E-state index contributed by atoms with van der Waals surface area (Å²) in [7, 11) is 0. The second-order valence-electron chi connectivity index (χ2n) is 8.61. The number of unbranched alkanes of at least 4 members (excludes halogenated alkanes) is 4. The summed E-state index contributed by atoms with van der Waals surface area (Å²) in [6.07, 6.45) is 22.3. The Morgan fingerprint density at radius 1 is 0.889 bits per heavy atom. The van der Waals surface area contributed by atoms with Crippen LogP contribution in [0.15, 0.2) is 42.5 Å². The van der Waals surface area contributed by atoms with E-state index in [9.17, 15) is 8.78 Å². The lowest BCUT2D eigenvalue weighted by atomic mass is 9.61. The molecule has 0 aliphatic heterocycles. The van der Waals surface area contributed by atoms with E-state index in [1.54, 1.807) is 12.1 Å². The van der Waals surface area contributed by atoms with E-state index < -0.39 is 11.6 Å². The van der Waals surface area contributed by atoms with Crippen molar-refractivity contribution in [3.8, 4) is 0 Å². The molecular formula is C25H34F2. The predicted molar refractivity (Wildman–Crippen MR) is 110 cm³/mol. The molecule has 0 amide bonds. The summed E-state index contributed by atoms with van der Waals surface area (Å²) in [5.74, 6) is 0.379. The molecule has 0 radical (unpaired) electrons. The maximum absolute atomic E-state index is 13.9. The molecule has 1 aromatic carbocycles. The number of allylic oxidation sites excluding steroid dienone is 4. The molecule has 1 unspecified atom stereocenters. The van der Waals surface area contributed by atoms with E-state index in [1.165, 1.54) is 51.4 Å². The number of benzene rings is 1. The summed E-state index contributed by atoms with van der Waals surface area (Å²) in [6.45, 7) is 2.26. The number of rotatable bonds is 8. The van der Waals surface area contributed by atoms with Gasteiger partial charge in [-0.3, -0.25) is 0 Å². The van der Waals surface area contributed by atoms with Crippen LogP contribution in [0.4, 0.5) is 8.78 Å². The average Bonchev–Trinajstić information content (AvgIpc) is 2.68. The molecule has 1 atom stereocenters. The summed E-state index contributed by atoms with van der Waals surface area (Å²) >= 11 is 0. The fraction of sp³-hybridized carbons (Fsp3) is 0.600. The number of hydrogen-bond acceptors (Lipinski definition) is 0. The second kappa shape index (κ2) is 9.66. The molecule has 0 spiro atoms. The van der Waals surface area contributed by atoms with Gasteiger partial charge in [0.1, 0.15) is 11.6 Å². The third-order valence-corrected chi connectivity index (χ3v) is 6.79. The van der Waals surface area contributed by atoms with Crippen LogP contribution in [-0.2, 0) is 5.41 Å². The van der Waals surface area contributed by atoms with Gasteiger partial charge in [-0.2, -0.15) is 0 Å². The summed E-state index contributed by atoms with van der Waals surface area (Å²) in [5, 5.41) is 0. The van der Waals surface area contributed by atoms with Gasteiger partial charge in [-0.15, -0.1) is 0 Å². The van der Waals surface area contributed by atoms with Crippen molar-refractivity contribution in [3.63, 3.8) is 0 Å². The van der Waals surface area contributed by atoms with Gasteiger partial charge in [0.05, 0.1) is 0 Å². The largest absolute Gasteiger partial charge is 0.207 e. The minimum Gasteiger partial charge on any atom is -0.207 e. The Bertz CT molecular complexity index is 632. The lowest BCUT2D eigenvalue weighted by molar-refractivity contribution is 0.192. The van der Waals surface area contributed by atoms with Crippen molar-refractivity contribution in [2.75, 3.05) is 0 Å². The van der Waals surface area contributed by atoms with Gasteiger partial charge in [-0.05, 0) is 48.8 Å². The molecule has 0 nitrogen and oxygen atoms in total. The van der Waals surface area contributed by atoms with Crippen molar-refractivity contribution in [1.82, 2.24) is 0 Å². The molecular weight excluding hydrogens is 338 g/mol. The van der Waals surface area contributed by atoms with Crippen LogP contribution in [0.3, 0.4) is 0 Å². The Morgan fingerprint density at radius 3 is 2.22 bits per heavy atom. The van der Waals surface area contributed by atoms with Gasteiger partial charge in [0.2, 0.25) is 0 Å². The number of halogens is 2. The van der Waals surface area contributed by atoms with Crippen LogP contribution < -0.4 is 0 Å². The molecule has 2 heteroatoms. The van der Waals surface area contributed by atoms with E-state index in [0.29, 0.717) is 5.92 Å². The van der Waals surface area contributed by atoms with E-state index in [1.807, 2.05) is 0 Å². The third kappa shape index (κ3) is 5.09. The Labute approximate surface area is 163 Å². The first-order valence-corrected chi connectivity index (χ1v) is 10.9. The van der Waals surface area contributed by atoms with Gasteiger partial charge >= 0.3 is 0 Å². The minimum atomic E-state index is -0.465. The van der Waals surface area contributed by atoms with Crippen molar-refractivity contribution < 1.29 is 8.78 Å². The van der Waals surface area contributed by atoms with Gasteiger partial charge in [0, 0.05) is 11.5 Å². The summed E-state index contributed by atoms with van der Waals surface area (Å²) in [4.78, 5) is 0. The van der Waals surface area contributed by atoms with Crippen molar-refractivity contribution in [2.45, 2.75) is 83.0 Å². The van der Waals surface area contributed by atoms with E-state index in [4.69, 9.17) is 0 Å². The lowest BCUT2D eigenvalue weighted by Gasteiger charge is -2.43. The van der Waals surface area contributed by atoms with Gasteiger partial charge < -0.3 is 0 Å². The molecule has 148 valence electrons. The molecule has 1 aromatic rings. The second-order valence-corrected chi connectivity index (χ2v) is 8.61. The molecule has 1 saturated carbocycles. The molecule has 0 heterocycles. The highest BCUT2D eigenvalue weighted by Crippen LogP contribution is 2.48. The zero-order valence-electron chi connectivity index (χ0n) is 16.7. The van der Waals surface area contributed by atoms with Crippen LogP contribution in [-0.4, -0.2) is 0 Å². The molecule has 0 N–H and O–H groups in total. The first kappa shape index (κ1) is 20.3. The normalized spacial score (nSPS) is 27.8. The number of hydrogen-bond donors (Lipinski definition) is 0. The van der Waals surface area contributed by atoms with Crippen LogP contribution in [0.1, 0.15) is 83.1 Å². The quantitative estimate of drug-likeness (QED) is 0.407. The maximum atomic E-state index is 13.9. The van der Waals surface area contributed by atoms with Gasteiger partial charge in [0.15, 0.2) is 0 Å². The molecule has 27 heavy (non-hydrogen) atoms. The van der Waals surface area contributed by atoms with Gasteiger partial charge in [0.25, 0.3) is 0 Å². The van der Waals surface area contributed by atoms with Crippen molar-refractivity contribution >= 4 is 0 Å². The molecule has 0 aromatic heterocycles. The molecule has 2 aliphatic rings. The Kier molecular flexibility index (Phi) is 7.26. The van der Waals surface area contributed by atoms with Crippen LogP contribution in [0.5, 0.6) is 0 Å². The maximum Gasteiger partial charge on any atom is 0.126 e. The smallest absolute Gasteiger partial charge is 0.126 e. The predicted octanol–water partition coefficient (Wildman–Crippen LogP) is 7.89. The third-order valence-electron chi connectivity index (χ3n) is 6.79. The highest BCUT2D eigenvalue weighted by molar-refractivity contribution is 5.37. The van der Waals surface area contributed by atoms with Crippen LogP contribution >= 0.6 is 0 Å². The lowest BCUT2D eigenvalue weighted by Crippen LogP contribution is -2.36.